The van der Waals surface area contributed by atoms with E-state index in [2.05, 4.69) is 11.9 Å². The smallest absolute Gasteiger partial charge is 0.135 e. The normalized spacial score (nSPS) is 16.7. The fraction of sp³-hybridized carbons (Fsp3) is 0.450. The van der Waals surface area contributed by atoms with Crippen LogP contribution in [0.4, 0.5) is 8.78 Å². The van der Waals surface area contributed by atoms with Crippen LogP contribution in [0.5, 0.6) is 0 Å². The number of hydrogen-bond donors (Lipinski definition) is 0. The number of hydrogen-bond acceptors (Lipinski definition) is 1. The molecule has 1 fully saturated rings. The minimum Gasteiger partial charge on any atom is -0.256 e. The minimum absolute atomic E-state index is 0.341. The summed E-state index contributed by atoms with van der Waals surface area (Å²) < 4.78 is 27.8. The summed E-state index contributed by atoms with van der Waals surface area (Å²) in [4.78, 5) is 4.34. The lowest BCUT2D eigenvalue weighted by atomic mass is 9.82. The molecular formula is C20H23F2N. The Morgan fingerprint density at radius 1 is 1.13 bits per heavy atom. The Morgan fingerprint density at radius 3 is 2.57 bits per heavy atom. The number of aromatic nitrogens is 1. The maximum absolute atomic E-state index is 14.3. The molecule has 0 aliphatic heterocycles. The number of nitrogens with zero attached hydrogens (tertiary/aromatic N) is 1. The van der Waals surface area contributed by atoms with Gasteiger partial charge in [-0.25, -0.2) is 8.78 Å². The van der Waals surface area contributed by atoms with Crippen molar-refractivity contribution in [3.8, 4) is 11.3 Å². The summed E-state index contributed by atoms with van der Waals surface area (Å²) in [5.41, 5.74) is 3.24. The molecule has 1 saturated carbocycles. The molecule has 122 valence electrons. The average Bonchev–Trinajstić information content (AvgIpc) is 2.92. The third kappa shape index (κ3) is 3.44. The van der Waals surface area contributed by atoms with Crippen LogP contribution in [0.25, 0.3) is 11.3 Å². The second-order valence-electron chi connectivity index (χ2n) is 7.02. The summed E-state index contributed by atoms with van der Waals surface area (Å²) >= 11 is 0. The summed E-state index contributed by atoms with van der Waals surface area (Å²) in [5.74, 6) is -1.06. The molecule has 3 heteroatoms. The molecule has 3 rings (SSSR count). The van der Waals surface area contributed by atoms with Gasteiger partial charge in [-0.05, 0) is 60.4 Å². The monoisotopic (exact) mass is 315 g/mol. The van der Waals surface area contributed by atoms with Gasteiger partial charge in [0, 0.05) is 17.8 Å². The zero-order valence-corrected chi connectivity index (χ0v) is 13.8. The Balaban J connectivity index is 1.97. The molecular weight excluding hydrogens is 292 g/mol. The minimum atomic E-state index is -0.530. The highest BCUT2D eigenvalue weighted by atomic mass is 19.1. The van der Waals surface area contributed by atoms with Crippen LogP contribution in [0, 0.1) is 17.0 Å². The molecule has 0 N–H and O–H groups in total. The van der Waals surface area contributed by atoms with Crippen LogP contribution >= 0.6 is 0 Å². The quantitative estimate of drug-likeness (QED) is 0.704. The lowest BCUT2D eigenvalue weighted by molar-refractivity contribution is 0.334. The summed E-state index contributed by atoms with van der Waals surface area (Å²) in [6.07, 6.45) is 8.39. The van der Waals surface area contributed by atoms with Crippen LogP contribution in [0.15, 0.2) is 30.5 Å². The first-order chi connectivity index (χ1) is 11.0. The van der Waals surface area contributed by atoms with Crippen molar-refractivity contribution in [3.63, 3.8) is 0 Å². The first kappa shape index (κ1) is 16.1. The van der Waals surface area contributed by atoms with Gasteiger partial charge in [0.05, 0.1) is 5.69 Å². The SMILES string of the molecule is CCc1cc(F)cc(F)c1-c1cc(CC2(C)CCCC2)ccn1. The lowest BCUT2D eigenvalue weighted by Crippen LogP contribution is -2.14. The van der Waals surface area contributed by atoms with Gasteiger partial charge in [-0.1, -0.05) is 26.7 Å². The summed E-state index contributed by atoms with van der Waals surface area (Å²) in [6, 6.07) is 6.34. The maximum atomic E-state index is 14.3. The largest absolute Gasteiger partial charge is 0.256 e. The van der Waals surface area contributed by atoms with Crippen LogP contribution in [0.2, 0.25) is 0 Å². The Kier molecular flexibility index (Phi) is 4.47. The molecule has 1 heterocycles. The van der Waals surface area contributed by atoms with E-state index in [0.717, 1.165) is 12.5 Å². The van der Waals surface area contributed by atoms with Gasteiger partial charge in [0.15, 0.2) is 0 Å². The zero-order valence-electron chi connectivity index (χ0n) is 13.8. The van der Waals surface area contributed by atoms with E-state index in [0.29, 0.717) is 28.7 Å². The Hall–Kier alpha value is -1.77. The molecule has 1 aromatic heterocycles. The van der Waals surface area contributed by atoms with Gasteiger partial charge < -0.3 is 0 Å². The van der Waals surface area contributed by atoms with Gasteiger partial charge in [0.2, 0.25) is 0 Å². The molecule has 23 heavy (non-hydrogen) atoms. The van der Waals surface area contributed by atoms with E-state index in [9.17, 15) is 8.78 Å². The zero-order chi connectivity index (χ0) is 16.4. The second-order valence-corrected chi connectivity index (χ2v) is 7.02. The van der Waals surface area contributed by atoms with E-state index >= 15 is 0 Å². The number of aryl methyl sites for hydroxylation is 1. The van der Waals surface area contributed by atoms with Crippen molar-refractivity contribution in [2.24, 2.45) is 5.41 Å². The molecule has 0 atom stereocenters. The van der Waals surface area contributed by atoms with Crippen LogP contribution < -0.4 is 0 Å². The standard InChI is InChI=1S/C20H23F2N/c1-3-15-11-16(21)12-17(22)19(15)18-10-14(6-9-23-18)13-20(2)7-4-5-8-20/h6,9-12H,3-5,7-8,13H2,1-2H3. The predicted molar refractivity (Wildman–Crippen MR) is 89.2 cm³/mol. The van der Waals surface area contributed by atoms with Gasteiger partial charge in [-0.3, -0.25) is 4.98 Å². The molecule has 0 spiro atoms. The molecule has 0 radical (unpaired) electrons. The molecule has 0 amide bonds. The third-order valence-corrected chi connectivity index (χ3v) is 5.04. The highest BCUT2D eigenvalue weighted by Crippen LogP contribution is 2.40. The maximum Gasteiger partial charge on any atom is 0.135 e. The fourth-order valence-corrected chi connectivity index (χ4v) is 3.81. The highest BCUT2D eigenvalue weighted by Gasteiger charge is 2.28. The van der Waals surface area contributed by atoms with Gasteiger partial charge in [-0.2, -0.15) is 0 Å². The summed E-state index contributed by atoms with van der Waals surface area (Å²) in [5, 5.41) is 0. The van der Waals surface area contributed by atoms with E-state index < -0.39 is 11.6 Å². The first-order valence-corrected chi connectivity index (χ1v) is 8.44. The number of benzene rings is 1. The van der Waals surface area contributed by atoms with Crippen LogP contribution in [0.1, 0.15) is 50.7 Å². The molecule has 1 aliphatic carbocycles. The van der Waals surface area contributed by atoms with Crippen molar-refractivity contribution in [3.05, 3.63) is 53.2 Å². The number of halogens is 2. The Labute approximate surface area is 136 Å². The van der Waals surface area contributed by atoms with E-state index in [1.807, 2.05) is 19.1 Å². The van der Waals surface area contributed by atoms with Crippen molar-refractivity contribution in [1.29, 1.82) is 0 Å². The van der Waals surface area contributed by atoms with Crippen LogP contribution in [-0.4, -0.2) is 4.98 Å². The molecule has 0 saturated heterocycles. The Bertz CT molecular complexity index is 703. The first-order valence-electron chi connectivity index (χ1n) is 8.44. The average molecular weight is 315 g/mol. The number of rotatable bonds is 4. The van der Waals surface area contributed by atoms with Crippen molar-refractivity contribution in [2.45, 2.75) is 52.4 Å². The highest BCUT2D eigenvalue weighted by molar-refractivity contribution is 5.65. The van der Waals surface area contributed by atoms with Crippen molar-refractivity contribution in [1.82, 2.24) is 4.98 Å². The summed E-state index contributed by atoms with van der Waals surface area (Å²) in [7, 11) is 0. The van der Waals surface area contributed by atoms with Crippen molar-refractivity contribution < 1.29 is 8.78 Å². The van der Waals surface area contributed by atoms with Gasteiger partial charge in [0.1, 0.15) is 11.6 Å². The second kappa shape index (κ2) is 6.38. The predicted octanol–water partition coefficient (Wildman–Crippen LogP) is 5.71. The topological polar surface area (TPSA) is 12.9 Å². The molecule has 0 bridgehead atoms. The Morgan fingerprint density at radius 2 is 1.87 bits per heavy atom. The lowest BCUT2D eigenvalue weighted by Gasteiger charge is -2.23. The van der Waals surface area contributed by atoms with Crippen molar-refractivity contribution in [2.75, 3.05) is 0 Å². The summed E-state index contributed by atoms with van der Waals surface area (Å²) in [6.45, 7) is 4.23. The fourth-order valence-electron chi connectivity index (χ4n) is 3.81. The van der Waals surface area contributed by atoms with Crippen molar-refractivity contribution >= 4 is 0 Å². The third-order valence-electron chi connectivity index (χ3n) is 5.04. The van der Waals surface area contributed by atoms with E-state index in [-0.39, 0.29) is 0 Å². The van der Waals surface area contributed by atoms with Gasteiger partial charge in [-0.15, -0.1) is 0 Å². The van der Waals surface area contributed by atoms with Gasteiger partial charge in [0.25, 0.3) is 0 Å². The van der Waals surface area contributed by atoms with Gasteiger partial charge >= 0.3 is 0 Å². The van der Waals surface area contributed by atoms with Crippen LogP contribution in [0.3, 0.4) is 0 Å². The van der Waals surface area contributed by atoms with E-state index in [1.165, 1.54) is 37.3 Å². The molecule has 1 nitrogen and oxygen atoms in total. The van der Waals surface area contributed by atoms with Crippen LogP contribution in [-0.2, 0) is 12.8 Å². The molecule has 0 unspecified atom stereocenters. The van der Waals surface area contributed by atoms with E-state index in [1.54, 1.807) is 6.20 Å². The van der Waals surface area contributed by atoms with E-state index in [4.69, 9.17) is 0 Å². The molecule has 1 aromatic carbocycles. The molecule has 1 aliphatic rings. The number of pyridine rings is 1. The molecule has 2 aromatic rings.